The molecule has 1 N–H and O–H groups in total. The number of ether oxygens (including phenoxy) is 1. The van der Waals surface area contributed by atoms with E-state index in [4.69, 9.17) is 10.1 Å². The Morgan fingerprint density at radius 3 is 2.70 bits per heavy atom. The first-order valence-corrected chi connectivity index (χ1v) is 12.0. The van der Waals surface area contributed by atoms with Crippen LogP contribution in [-0.4, -0.2) is 56.3 Å². The normalized spacial score (nSPS) is 19.6. The Labute approximate surface area is 197 Å². The summed E-state index contributed by atoms with van der Waals surface area (Å²) in [6.07, 6.45) is 7.16. The van der Waals surface area contributed by atoms with Crippen molar-refractivity contribution in [3.63, 3.8) is 0 Å². The van der Waals surface area contributed by atoms with E-state index in [1.807, 2.05) is 54.1 Å². The molecule has 0 aliphatic carbocycles. The number of rotatable bonds is 5. The van der Waals surface area contributed by atoms with Gasteiger partial charge in [0.2, 0.25) is 5.17 Å². The molecular formula is C24H26N6O2S. The Kier molecular flexibility index (Phi) is 6.04. The molecule has 0 unspecified atom stereocenters. The number of carbonyl (C=O) groups is 1. The molecule has 33 heavy (non-hydrogen) atoms. The van der Waals surface area contributed by atoms with Crippen molar-refractivity contribution in [2.75, 3.05) is 19.7 Å². The van der Waals surface area contributed by atoms with Crippen molar-refractivity contribution < 1.29 is 9.53 Å². The average molecular weight is 463 g/mol. The highest BCUT2D eigenvalue weighted by atomic mass is 32.2. The number of benzene rings is 1. The second-order valence-corrected chi connectivity index (χ2v) is 9.17. The number of piperidine rings is 1. The zero-order chi connectivity index (χ0) is 22.8. The molecule has 3 aliphatic heterocycles. The van der Waals surface area contributed by atoms with Crippen LogP contribution in [0.2, 0.25) is 0 Å². The summed E-state index contributed by atoms with van der Waals surface area (Å²) in [7, 11) is 0. The first-order chi connectivity index (χ1) is 16.1. The van der Waals surface area contributed by atoms with Crippen LogP contribution in [0.4, 0.5) is 0 Å². The zero-order valence-corrected chi connectivity index (χ0v) is 19.3. The lowest BCUT2D eigenvalue weighted by Crippen LogP contribution is -2.35. The van der Waals surface area contributed by atoms with Gasteiger partial charge in [-0.15, -0.1) is 5.10 Å². The maximum atomic E-state index is 12.8. The van der Waals surface area contributed by atoms with Gasteiger partial charge in [-0.3, -0.25) is 10.2 Å². The van der Waals surface area contributed by atoms with Gasteiger partial charge in [-0.2, -0.15) is 10.0 Å². The quantitative estimate of drug-likeness (QED) is 0.681. The van der Waals surface area contributed by atoms with Crippen molar-refractivity contribution in [1.29, 1.82) is 5.41 Å². The number of amides is 1. The van der Waals surface area contributed by atoms with Gasteiger partial charge in [0.1, 0.15) is 12.4 Å². The lowest BCUT2D eigenvalue weighted by atomic mass is 10.1. The minimum absolute atomic E-state index is 0.0631. The van der Waals surface area contributed by atoms with Gasteiger partial charge in [-0.1, -0.05) is 17.7 Å². The van der Waals surface area contributed by atoms with Crippen LogP contribution in [0, 0.1) is 12.3 Å². The van der Waals surface area contributed by atoms with Gasteiger partial charge >= 0.3 is 0 Å². The molecule has 1 amide bonds. The molecule has 0 saturated carbocycles. The van der Waals surface area contributed by atoms with Crippen LogP contribution in [0.5, 0.6) is 5.75 Å². The predicted molar refractivity (Wildman–Crippen MR) is 132 cm³/mol. The summed E-state index contributed by atoms with van der Waals surface area (Å²) in [4.78, 5) is 19.2. The summed E-state index contributed by atoms with van der Waals surface area (Å²) in [5.41, 5.74) is 2.25. The van der Waals surface area contributed by atoms with Crippen LogP contribution in [0.15, 0.2) is 58.3 Å². The summed E-state index contributed by atoms with van der Waals surface area (Å²) < 4.78 is 7.84. The second-order valence-electron chi connectivity index (χ2n) is 8.24. The fourth-order valence-electron chi connectivity index (χ4n) is 4.00. The number of carbonyl (C=O) groups excluding carboxylic acids is 1. The van der Waals surface area contributed by atoms with Crippen LogP contribution in [0.25, 0.3) is 6.08 Å². The number of fused-ring (bicyclic) bond motifs is 1. The van der Waals surface area contributed by atoms with E-state index in [9.17, 15) is 4.79 Å². The number of nitrogens with zero attached hydrogens (tertiary/aromatic N) is 5. The van der Waals surface area contributed by atoms with E-state index in [0.29, 0.717) is 18.3 Å². The van der Waals surface area contributed by atoms with E-state index in [-0.39, 0.29) is 11.4 Å². The molecule has 2 aromatic rings. The van der Waals surface area contributed by atoms with Gasteiger partial charge < -0.3 is 14.2 Å². The van der Waals surface area contributed by atoms with Crippen LogP contribution in [-0.2, 0) is 11.3 Å². The largest absolute Gasteiger partial charge is 0.492 e. The highest BCUT2D eigenvalue weighted by Gasteiger charge is 2.37. The molecule has 0 radical (unpaired) electrons. The molecule has 5 rings (SSSR count). The second kappa shape index (κ2) is 9.27. The van der Waals surface area contributed by atoms with Gasteiger partial charge in [0.25, 0.3) is 5.91 Å². The van der Waals surface area contributed by atoms with E-state index in [1.165, 1.54) is 28.8 Å². The number of aryl methyl sites for hydroxylation is 1. The van der Waals surface area contributed by atoms with Crippen molar-refractivity contribution in [2.24, 2.45) is 10.1 Å². The number of amidine groups is 3. The molecule has 1 fully saturated rings. The van der Waals surface area contributed by atoms with Crippen molar-refractivity contribution in [3.8, 4) is 5.75 Å². The minimum atomic E-state index is -0.405. The van der Waals surface area contributed by atoms with Crippen LogP contribution in [0.1, 0.15) is 30.5 Å². The maximum Gasteiger partial charge on any atom is 0.283 e. The topological polar surface area (TPSA) is 86.3 Å². The number of thioether (sulfide) groups is 1. The Hall–Kier alpha value is -3.33. The number of likely N-dealkylation sites (tertiary alicyclic amines) is 1. The Morgan fingerprint density at radius 2 is 1.91 bits per heavy atom. The molecule has 0 spiro atoms. The van der Waals surface area contributed by atoms with Crippen LogP contribution >= 0.6 is 11.8 Å². The monoisotopic (exact) mass is 462 g/mol. The summed E-state index contributed by atoms with van der Waals surface area (Å²) in [5, 5.41) is 16.0. The lowest BCUT2D eigenvalue weighted by molar-refractivity contribution is -0.114. The summed E-state index contributed by atoms with van der Waals surface area (Å²) in [6, 6.07) is 11.8. The van der Waals surface area contributed by atoms with Crippen molar-refractivity contribution >= 4 is 39.9 Å². The number of hydrogen-bond donors (Lipinski definition) is 1. The number of hydrazone groups is 1. The van der Waals surface area contributed by atoms with Gasteiger partial charge in [-0.25, -0.2) is 0 Å². The standard InChI is InChI=1S/C24H26N6O2S/c1-17-7-9-19(10-8-17)32-15-14-28-13-5-6-18(28)16-20-21(25)30-23(26-22(20)31)33-24(27-30)29-11-3-2-4-12-29/h5-10,13,16,25H,2-4,11-12,14-15H2,1H3/b20-16+,25-21?. The fraction of sp³-hybridized carbons (Fsp3) is 0.333. The van der Waals surface area contributed by atoms with Crippen molar-refractivity contribution in [1.82, 2.24) is 14.5 Å². The Balaban J connectivity index is 1.29. The molecule has 9 heteroatoms. The van der Waals surface area contributed by atoms with Crippen molar-refractivity contribution in [2.45, 2.75) is 32.7 Å². The average Bonchev–Trinajstić information content (AvgIpc) is 3.45. The number of aromatic nitrogens is 1. The van der Waals surface area contributed by atoms with E-state index < -0.39 is 5.91 Å². The third-order valence-electron chi connectivity index (χ3n) is 5.85. The molecule has 3 aliphatic rings. The third kappa shape index (κ3) is 4.59. The summed E-state index contributed by atoms with van der Waals surface area (Å²) >= 11 is 1.37. The van der Waals surface area contributed by atoms with Gasteiger partial charge in [0, 0.05) is 25.0 Å². The number of nitrogens with one attached hydrogen (secondary N) is 1. The van der Waals surface area contributed by atoms with E-state index in [0.717, 1.165) is 42.5 Å². The van der Waals surface area contributed by atoms with E-state index in [1.54, 1.807) is 6.08 Å². The molecule has 170 valence electrons. The number of hydrogen-bond acceptors (Lipinski definition) is 6. The van der Waals surface area contributed by atoms with Gasteiger partial charge in [-0.05, 0) is 68.3 Å². The summed E-state index contributed by atoms with van der Waals surface area (Å²) in [5.74, 6) is 0.485. The molecule has 1 saturated heterocycles. The van der Waals surface area contributed by atoms with Crippen molar-refractivity contribution in [3.05, 3.63) is 59.4 Å². The molecular weight excluding hydrogens is 436 g/mol. The van der Waals surface area contributed by atoms with Crippen LogP contribution < -0.4 is 4.74 Å². The lowest BCUT2D eigenvalue weighted by Gasteiger charge is -2.26. The highest BCUT2D eigenvalue weighted by molar-refractivity contribution is 8.26. The predicted octanol–water partition coefficient (Wildman–Crippen LogP) is 3.94. The summed E-state index contributed by atoms with van der Waals surface area (Å²) in [6.45, 7) is 5.06. The molecule has 1 aromatic carbocycles. The molecule has 0 atom stereocenters. The molecule has 0 bridgehead atoms. The van der Waals surface area contributed by atoms with Gasteiger partial charge in [0.05, 0.1) is 12.1 Å². The van der Waals surface area contributed by atoms with E-state index >= 15 is 0 Å². The third-order valence-corrected chi connectivity index (χ3v) is 6.82. The SMILES string of the molecule is Cc1ccc(OCCn2cccc2/C=C2\C(=N)N3N=C(N4CCCCC4)SC3=NC2=O)cc1. The molecule has 4 heterocycles. The first kappa shape index (κ1) is 21.5. The first-order valence-electron chi connectivity index (χ1n) is 11.2. The molecule has 1 aromatic heterocycles. The fourth-order valence-corrected chi connectivity index (χ4v) is 4.95. The number of aliphatic imine (C=N–C) groups is 1. The van der Waals surface area contributed by atoms with E-state index in [2.05, 4.69) is 15.0 Å². The Morgan fingerprint density at radius 1 is 1.12 bits per heavy atom. The Bertz CT molecular complexity index is 1160. The van der Waals surface area contributed by atoms with Gasteiger partial charge in [0.15, 0.2) is 11.0 Å². The zero-order valence-electron chi connectivity index (χ0n) is 18.5. The van der Waals surface area contributed by atoms with Crippen LogP contribution in [0.3, 0.4) is 0 Å². The highest BCUT2D eigenvalue weighted by Crippen LogP contribution is 2.30. The maximum absolute atomic E-state index is 12.8. The molecule has 8 nitrogen and oxygen atoms in total. The minimum Gasteiger partial charge on any atom is -0.492 e. The smallest absolute Gasteiger partial charge is 0.283 e.